The summed E-state index contributed by atoms with van der Waals surface area (Å²) in [6.45, 7) is 14.3. The molecular weight excluding hydrogens is 493 g/mol. The number of carbonyl (C=O) groups is 1. The van der Waals surface area contributed by atoms with E-state index < -0.39 is 24.0 Å². The van der Waals surface area contributed by atoms with Crippen LogP contribution in [0.15, 0.2) is 12.4 Å². The van der Waals surface area contributed by atoms with Gasteiger partial charge in [-0.1, -0.05) is 0 Å². The molecule has 1 aliphatic rings. The molecule has 0 unspecified atom stereocenters. The second-order valence-electron chi connectivity index (χ2n) is 10.5. The summed E-state index contributed by atoms with van der Waals surface area (Å²) in [4.78, 5) is 14.2. The van der Waals surface area contributed by atoms with E-state index in [0.717, 1.165) is 25.9 Å². The van der Waals surface area contributed by atoms with Gasteiger partial charge in [0.1, 0.15) is 0 Å². The van der Waals surface area contributed by atoms with Crippen molar-refractivity contribution >= 4 is 28.0 Å². The van der Waals surface area contributed by atoms with Crippen molar-refractivity contribution in [2.24, 2.45) is 0 Å². The molecule has 2 rings (SSSR count). The van der Waals surface area contributed by atoms with Crippen molar-refractivity contribution in [2.45, 2.75) is 118 Å². The second-order valence-corrected chi connectivity index (χ2v) is 23.7. The number of hydrogen-bond donors (Lipinski definition) is 0. The molecule has 178 valence electrons. The molecule has 1 fully saturated rings. The summed E-state index contributed by atoms with van der Waals surface area (Å²) in [6.07, 6.45) is 14.5. The molecule has 0 spiro atoms. The van der Waals surface area contributed by atoms with Crippen LogP contribution in [-0.4, -0.2) is 57.8 Å². The Morgan fingerprint density at radius 1 is 1.03 bits per heavy atom. The third-order valence-electron chi connectivity index (χ3n) is 6.73. The van der Waals surface area contributed by atoms with Gasteiger partial charge in [0.25, 0.3) is 0 Å². The summed E-state index contributed by atoms with van der Waals surface area (Å²) in [7, 11) is 0. The third-order valence-corrected chi connectivity index (χ3v) is 22.2. The van der Waals surface area contributed by atoms with Crippen molar-refractivity contribution < 1.29 is 9.53 Å². The molecule has 0 radical (unpaired) electrons. The average Bonchev–Trinajstić information content (AvgIpc) is 3.23. The molecular formula is C25H47N3O2Sn. The van der Waals surface area contributed by atoms with Crippen LogP contribution in [0.4, 0.5) is 4.79 Å². The van der Waals surface area contributed by atoms with Crippen molar-refractivity contribution in [3.63, 3.8) is 0 Å². The number of rotatable bonds is 11. The van der Waals surface area contributed by atoms with Crippen LogP contribution in [0.2, 0.25) is 13.3 Å². The number of aromatic nitrogens is 2. The summed E-state index contributed by atoms with van der Waals surface area (Å²) in [5.74, 6) is 0. The van der Waals surface area contributed by atoms with Gasteiger partial charge in [-0.3, -0.25) is 0 Å². The molecule has 0 saturated carbocycles. The number of ether oxygens (including phenoxy) is 1. The molecule has 2 heterocycles. The SMILES string of the molecule is CCC[CH2][Sn]([CH2]CCC)([CH2]CCC)[c]1cnn(C2CCN(C(=O)OC(C)(C)C)CC2)c1. The van der Waals surface area contributed by atoms with Gasteiger partial charge in [-0.2, -0.15) is 0 Å². The van der Waals surface area contributed by atoms with Gasteiger partial charge in [0.05, 0.1) is 0 Å². The van der Waals surface area contributed by atoms with E-state index in [0.29, 0.717) is 6.04 Å². The fourth-order valence-electron chi connectivity index (χ4n) is 4.80. The van der Waals surface area contributed by atoms with E-state index in [4.69, 9.17) is 9.84 Å². The quantitative estimate of drug-likeness (QED) is 0.301. The molecule has 0 aliphatic carbocycles. The van der Waals surface area contributed by atoms with Gasteiger partial charge in [-0.05, 0) is 0 Å². The van der Waals surface area contributed by atoms with E-state index in [1.54, 1.807) is 3.58 Å². The Labute approximate surface area is 195 Å². The van der Waals surface area contributed by atoms with Gasteiger partial charge in [0.2, 0.25) is 0 Å². The van der Waals surface area contributed by atoms with Crippen LogP contribution >= 0.6 is 0 Å². The summed E-state index contributed by atoms with van der Waals surface area (Å²) < 4.78 is 13.9. The molecule has 1 aromatic rings. The first-order valence-electron chi connectivity index (χ1n) is 12.8. The summed E-state index contributed by atoms with van der Waals surface area (Å²) >= 11 is -2.41. The Hall–Kier alpha value is -0.721. The zero-order valence-electron chi connectivity index (χ0n) is 21.1. The van der Waals surface area contributed by atoms with Crippen molar-refractivity contribution in [1.82, 2.24) is 14.7 Å². The molecule has 5 nitrogen and oxygen atoms in total. The molecule has 1 aliphatic heterocycles. The van der Waals surface area contributed by atoms with Gasteiger partial charge in [-0.25, -0.2) is 0 Å². The fourth-order valence-corrected chi connectivity index (χ4v) is 20.3. The van der Waals surface area contributed by atoms with E-state index >= 15 is 0 Å². The van der Waals surface area contributed by atoms with Crippen molar-refractivity contribution in [3.8, 4) is 0 Å². The predicted octanol–water partition coefficient (Wildman–Crippen LogP) is 6.51. The van der Waals surface area contributed by atoms with E-state index in [9.17, 15) is 4.79 Å². The van der Waals surface area contributed by atoms with Gasteiger partial charge in [0, 0.05) is 0 Å². The standard InChI is InChI=1S/C13H20N3O2.3C4H9.Sn/c1-13(2,3)18-12(17)15-9-5-11(6-10-15)16-8-4-7-14-16;3*1-3-4-2;/h7-8,11H,5-6,9-10H2,1-3H3;3*1,3-4H2,2H3;. The van der Waals surface area contributed by atoms with Gasteiger partial charge in [-0.15, -0.1) is 0 Å². The first-order chi connectivity index (χ1) is 14.7. The summed E-state index contributed by atoms with van der Waals surface area (Å²) in [5.41, 5.74) is -0.434. The van der Waals surface area contributed by atoms with E-state index in [1.807, 2.05) is 25.7 Å². The first-order valence-corrected chi connectivity index (χ1v) is 20.3. The van der Waals surface area contributed by atoms with Gasteiger partial charge < -0.3 is 0 Å². The molecule has 0 atom stereocenters. The number of nitrogens with zero attached hydrogens (tertiary/aromatic N) is 3. The normalized spacial score (nSPS) is 16.0. The Kier molecular flexibility index (Phi) is 10.7. The minimum atomic E-state index is -2.41. The van der Waals surface area contributed by atoms with Gasteiger partial charge >= 0.3 is 196 Å². The molecule has 1 amide bonds. The summed E-state index contributed by atoms with van der Waals surface area (Å²) in [6, 6.07) is 0.403. The van der Waals surface area contributed by atoms with Crippen molar-refractivity contribution in [1.29, 1.82) is 0 Å². The van der Waals surface area contributed by atoms with Crippen LogP contribution in [0, 0.1) is 0 Å². The number of unbranched alkanes of at least 4 members (excludes halogenated alkanes) is 3. The maximum absolute atomic E-state index is 12.4. The summed E-state index contributed by atoms with van der Waals surface area (Å²) in [5, 5.41) is 4.89. The van der Waals surface area contributed by atoms with Crippen molar-refractivity contribution in [2.75, 3.05) is 13.1 Å². The zero-order valence-corrected chi connectivity index (χ0v) is 23.9. The first kappa shape index (κ1) is 26.5. The average molecular weight is 540 g/mol. The predicted molar refractivity (Wildman–Crippen MR) is 133 cm³/mol. The van der Waals surface area contributed by atoms with E-state index in [1.165, 1.54) is 51.8 Å². The van der Waals surface area contributed by atoms with Crippen LogP contribution < -0.4 is 3.58 Å². The molecule has 6 heteroatoms. The maximum atomic E-state index is 12.4. The molecule has 0 aromatic carbocycles. The van der Waals surface area contributed by atoms with Gasteiger partial charge in [0.15, 0.2) is 0 Å². The molecule has 0 bridgehead atoms. The Morgan fingerprint density at radius 3 is 2.00 bits per heavy atom. The number of hydrogen-bond acceptors (Lipinski definition) is 3. The fraction of sp³-hybridized carbons (Fsp3) is 0.840. The van der Waals surface area contributed by atoms with Crippen LogP contribution in [-0.2, 0) is 4.74 Å². The second kappa shape index (κ2) is 12.5. The van der Waals surface area contributed by atoms with Crippen LogP contribution in [0.1, 0.15) is 99.0 Å². The third kappa shape index (κ3) is 7.97. The molecule has 0 N–H and O–H groups in total. The molecule has 1 aromatic heterocycles. The van der Waals surface area contributed by atoms with E-state index in [2.05, 4.69) is 37.8 Å². The topological polar surface area (TPSA) is 47.4 Å². The monoisotopic (exact) mass is 541 g/mol. The number of likely N-dealkylation sites (tertiary alicyclic amines) is 1. The number of amides is 1. The van der Waals surface area contributed by atoms with Crippen molar-refractivity contribution in [3.05, 3.63) is 12.4 Å². The Bertz CT molecular complexity index is 638. The van der Waals surface area contributed by atoms with Crippen LogP contribution in [0.5, 0.6) is 0 Å². The number of piperidine rings is 1. The Balaban J connectivity index is 2.09. The van der Waals surface area contributed by atoms with E-state index in [-0.39, 0.29) is 6.09 Å². The zero-order chi connectivity index (χ0) is 22.9. The molecule has 31 heavy (non-hydrogen) atoms. The molecule has 1 saturated heterocycles. The van der Waals surface area contributed by atoms with Crippen LogP contribution in [0.3, 0.4) is 0 Å². The number of carbonyl (C=O) groups excluding carboxylic acids is 1. The minimum absolute atomic E-state index is 0.180. The Morgan fingerprint density at radius 2 is 1.55 bits per heavy atom. The van der Waals surface area contributed by atoms with Crippen LogP contribution in [0.25, 0.3) is 0 Å².